The highest BCUT2D eigenvalue weighted by Gasteiger charge is 2.36. The van der Waals surface area contributed by atoms with E-state index in [0.29, 0.717) is 5.92 Å². The molecule has 0 aromatic rings. The van der Waals surface area contributed by atoms with Crippen molar-refractivity contribution in [2.24, 2.45) is 11.8 Å². The molecule has 0 aromatic heterocycles. The van der Waals surface area contributed by atoms with E-state index in [1.165, 1.54) is 45.4 Å². The van der Waals surface area contributed by atoms with E-state index < -0.39 is 0 Å². The van der Waals surface area contributed by atoms with Gasteiger partial charge in [0.1, 0.15) is 6.10 Å². The Kier molecular flexibility index (Phi) is 3.09. The second-order valence-corrected chi connectivity index (χ2v) is 4.79. The van der Waals surface area contributed by atoms with E-state index >= 15 is 0 Å². The third-order valence-corrected chi connectivity index (χ3v) is 3.83. The topological polar surface area (TPSA) is 26.3 Å². The normalized spacial score (nSPS) is 33.5. The lowest BCUT2D eigenvalue weighted by atomic mass is 9.88. The van der Waals surface area contributed by atoms with Crippen LogP contribution in [0.1, 0.15) is 51.9 Å². The maximum atomic E-state index is 10.9. The lowest BCUT2D eigenvalue weighted by Gasteiger charge is -2.24. The van der Waals surface area contributed by atoms with Gasteiger partial charge in [-0.05, 0) is 31.1 Å². The molecule has 2 rings (SSSR count). The van der Waals surface area contributed by atoms with Crippen LogP contribution in [-0.2, 0) is 9.53 Å². The van der Waals surface area contributed by atoms with Crippen molar-refractivity contribution in [3.05, 3.63) is 0 Å². The maximum absolute atomic E-state index is 10.9. The quantitative estimate of drug-likeness (QED) is 0.635. The standard InChI is InChI=1S/C12H20O2/c1-9(13)14-12-8-4-7-11(12)10-5-2-3-6-10/h10-12H,2-8H2,1H3/t11-,12?/m1/s1. The molecule has 0 saturated heterocycles. The molecule has 0 aliphatic heterocycles. The van der Waals surface area contributed by atoms with Crippen LogP contribution in [-0.4, -0.2) is 12.1 Å². The summed E-state index contributed by atoms with van der Waals surface area (Å²) in [6.45, 7) is 1.53. The predicted octanol–water partition coefficient (Wildman–Crippen LogP) is 2.91. The van der Waals surface area contributed by atoms with Gasteiger partial charge in [-0.2, -0.15) is 0 Å². The molecule has 2 saturated carbocycles. The lowest BCUT2D eigenvalue weighted by Crippen LogP contribution is -2.25. The Bertz CT molecular complexity index is 206. The molecular weight excluding hydrogens is 176 g/mol. The first-order chi connectivity index (χ1) is 6.77. The SMILES string of the molecule is CC(=O)OC1CCC[C@@H]1C1CCCC1. The van der Waals surface area contributed by atoms with E-state index in [1.807, 2.05) is 0 Å². The Morgan fingerprint density at radius 3 is 2.43 bits per heavy atom. The second-order valence-electron chi connectivity index (χ2n) is 4.79. The van der Waals surface area contributed by atoms with Crippen LogP contribution in [0, 0.1) is 11.8 Å². The fourth-order valence-corrected chi connectivity index (χ4v) is 3.24. The third-order valence-electron chi connectivity index (χ3n) is 3.83. The molecule has 2 aliphatic rings. The van der Waals surface area contributed by atoms with Crippen LogP contribution in [0.4, 0.5) is 0 Å². The summed E-state index contributed by atoms with van der Waals surface area (Å²) in [6, 6.07) is 0. The molecule has 0 radical (unpaired) electrons. The van der Waals surface area contributed by atoms with Crippen LogP contribution < -0.4 is 0 Å². The summed E-state index contributed by atoms with van der Waals surface area (Å²) in [7, 11) is 0. The maximum Gasteiger partial charge on any atom is 0.302 e. The smallest absolute Gasteiger partial charge is 0.302 e. The van der Waals surface area contributed by atoms with Gasteiger partial charge in [0.2, 0.25) is 0 Å². The average molecular weight is 196 g/mol. The van der Waals surface area contributed by atoms with Crippen molar-refractivity contribution < 1.29 is 9.53 Å². The fourth-order valence-electron chi connectivity index (χ4n) is 3.24. The van der Waals surface area contributed by atoms with Crippen LogP contribution in [0.5, 0.6) is 0 Å². The van der Waals surface area contributed by atoms with E-state index in [1.54, 1.807) is 0 Å². The predicted molar refractivity (Wildman–Crippen MR) is 54.9 cm³/mol. The van der Waals surface area contributed by atoms with Gasteiger partial charge in [-0.25, -0.2) is 0 Å². The molecule has 2 atom stereocenters. The van der Waals surface area contributed by atoms with Crippen LogP contribution >= 0.6 is 0 Å². The minimum Gasteiger partial charge on any atom is -0.462 e. The number of carbonyl (C=O) groups is 1. The fraction of sp³-hybridized carbons (Fsp3) is 0.917. The molecule has 2 nitrogen and oxygen atoms in total. The molecule has 0 amide bonds. The highest BCUT2D eigenvalue weighted by molar-refractivity contribution is 5.66. The number of carbonyl (C=O) groups excluding carboxylic acids is 1. The van der Waals surface area contributed by atoms with Crippen molar-refractivity contribution in [3.8, 4) is 0 Å². The third kappa shape index (κ3) is 2.10. The van der Waals surface area contributed by atoms with Crippen molar-refractivity contribution in [1.29, 1.82) is 0 Å². The number of ether oxygens (including phenoxy) is 1. The van der Waals surface area contributed by atoms with Crippen LogP contribution in [0.25, 0.3) is 0 Å². The van der Waals surface area contributed by atoms with Gasteiger partial charge in [0.25, 0.3) is 0 Å². The zero-order valence-electron chi connectivity index (χ0n) is 9.00. The first-order valence-electron chi connectivity index (χ1n) is 5.94. The van der Waals surface area contributed by atoms with Crippen molar-refractivity contribution >= 4 is 5.97 Å². The Morgan fingerprint density at radius 1 is 1.07 bits per heavy atom. The van der Waals surface area contributed by atoms with Crippen molar-refractivity contribution in [3.63, 3.8) is 0 Å². The first-order valence-corrected chi connectivity index (χ1v) is 5.94. The van der Waals surface area contributed by atoms with E-state index in [4.69, 9.17) is 4.74 Å². The van der Waals surface area contributed by atoms with E-state index in [-0.39, 0.29) is 12.1 Å². The molecule has 0 N–H and O–H groups in total. The number of hydrogen-bond donors (Lipinski definition) is 0. The Hall–Kier alpha value is -0.530. The summed E-state index contributed by atoms with van der Waals surface area (Å²) < 4.78 is 5.40. The average Bonchev–Trinajstić information content (AvgIpc) is 2.70. The Morgan fingerprint density at radius 2 is 1.79 bits per heavy atom. The summed E-state index contributed by atoms with van der Waals surface area (Å²) in [5, 5.41) is 0. The Balaban J connectivity index is 1.92. The zero-order valence-corrected chi connectivity index (χ0v) is 9.00. The van der Waals surface area contributed by atoms with Crippen LogP contribution in [0.3, 0.4) is 0 Å². The monoisotopic (exact) mass is 196 g/mol. The molecule has 2 aliphatic carbocycles. The lowest BCUT2D eigenvalue weighted by molar-refractivity contribution is -0.148. The summed E-state index contributed by atoms with van der Waals surface area (Å²) >= 11 is 0. The summed E-state index contributed by atoms with van der Waals surface area (Å²) in [6.07, 6.45) is 9.37. The molecule has 0 heterocycles. The molecule has 14 heavy (non-hydrogen) atoms. The summed E-state index contributed by atoms with van der Waals surface area (Å²) in [5.74, 6) is 1.43. The van der Waals surface area contributed by atoms with Gasteiger partial charge in [0.05, 0.1) is 0 Å². The van der Waals surface area contributed by atoms with Gasteiger partial charge in [-0.1, -0.05) is 25.7 Å². The van der Waals surface area contributed by atoms with Crippen molar-refractivity contribution in [2.45, 2.75) is 58.0 Å². The molecule has 2 heteroatoms. The van der Waals surface area contributed by atoms with Gasteiger partial charge in [-0.15, -0.1) is 0 Å². The minimum absolute atomic E-state index is 0.0973. The number of rotatable bonds is 2. The van der Waals surface area contributed by atoms with Crippen molar-refractivity contribution in [1.82, 2.24) is 0 Å². The molecular formula is C12H20O2. The molecule has 80 valence electrons. The molecule has 2 fully saturated rings. The Labute approximate surface area is 86.0 Å². The number of esters is 1. The largest absolute Gasteiger partial charge is 0.462 e. The van der Waals surface area contributed by atoms with Gasteiger partial charge in [-0.3, -0.25) is 4.79 Å². The zero-order chi connectivity index (χ0) is 9.97. The van der Waals surface area contributed by atoms with Crippen LogP contribution in [0.2, 0.25) is 0 Å². The molecule has 0 bridgehead atoms. The summed E-state index contributed by atoms with van der Waals surface area (Å²) in [5.41, 5.74) is 0. The van der Waals surface area contributed by atoms with Crippen molar-refractivity contribution in [2.75, 3.05) is 0 Å². The minimum atomic E-state index is -0.0973. The highest BCUT2D eigenvalue weighted by Crippen LogP contribution is 2.41. The molecule has 0 spiro atoms. The second kappa shape index (κ2) is 4.33. The van der Waals surface area contributed by atoms with Gasteiger partial charge in [0.15, 0.2) is 0 Å². The first kappa shape index (κ1) is 10.0. The molecule has 1 unspecified atom stereocenters. The van der Waals surface area contributed by atoms with E-state index in [2.05, 4.69) is 0 Å². The van der Waals surface area contributed by atoms with Gasteiger partial charge in [0, 0.05) is 6.92 Å². The van der Waals surface area contributed by atoms with E-state index in [9.17, 15) is 4.79 Å². The van der Waals surface area contributed by atoms with E-state index in [0.717, 1.165) is 12.3 Å². The van der Waals surface area contributed by atoms with Gasteiger partial charge < -0.3 is 4.74 Å². The molecule has 0 aromatic carbocycles. The highest BCUT2D eigenvalue weighted by atomic mass is 16.5. The van der Waals surface area contributed by atoms with Gasteiger partial charge >= 0.3 is 5.97 Å². The van der Waals surface area contributed by atoms with Crippen LogP contribution in [0.15, 0.2) is 0 Å². The number of hydrogen-bond acceptors (Lipinski definition) is 2. The summed E-state index contributed by atoms with van der Waals surface area (Å²) in [4.78, 5) is 10.9.